The number of Topliss-reactive ketones (excluding diaryl/α,β-unsaturated/α-hetero) is 1. The number of aryl methyl sites for hydroxylation is 1. The summed E-state index contributed by atoms with van der Waals surface area (Å²) in [6, 6.07) is 15.5. The second kappa shape index (κ2) is 11.0. The molecule has 3 aromatic rings. The first-order valence-electron chi connectivity index (χ1n) is 11.1. The van der Waals surface area contributed by atoms with Gasteiger partial charge in [-0.2, -0.15) is 0 Å². The quantitative estimate of drug-likeness (QED) is 0.503. The number of benzene rings is 2. The van der Waals surface area contributed by atoms with Gasteiger partial charge in [0.1, 0.15) is 11.2 Å². The van der Waals surface area contributed by atoms with Gasteiger partial charge in [0, 0.05) is 22.1 Å². The molecule has 0 aliphatic heterocycles. The van der Waals surface area contributed by atoms with Crippen LogP contribution in [0.1, 0.15) is 38.8 Å². The summed E-state index contributed by atoms with van der Waals surface area (Å²) in [7, 11) is 0. The van der Waals surface area contributed by atoms with E-state index in [1.165, 1.54) is 27.5 Å². The number of anilines is 1. The molecule has 0 atom stereocenters. The molecule has 0 spiro atoms. The summed E-state index contributed by atoms with van der Waals surface area (Å²) in [6.07, 6.45) is 6.20. The number of ketones is 1. The van der Waals surface area contributed by atoms with Crippen LogP contribution in [-0.4, -0.2) is 22.5 Å². The highest BCUT2D eigenvalue weighted by molar-refractivity contribution is 7.98. The normalized spacial score (nSPS) is 12.7. The lowest BCUT2D eigenvalue weighted by Crippen LogP contribution is -2.36. The van der Waals surface area contributed by atoms with Crippen LogP contribution < -0.4 is 20.1 Å². The van der Waals surface area contributed by atoms with Gasteiger partial charge in [-0.3, -0.25) is 19.0 Å². The molecular formula is C27H30N2O3S2. The first-order valence-corrected chi connectivity index (χ1v) is 13.1. The summed E-state index contributed by atoms with van der Waals surface area (Å²) < 4.78 is 2.32. The largest absolute Gasteiger partial charge is 0.325 e. The van der Waals surface area contributed by atoms with Gasteiger partial charge in [0.15, 0.2) is 5.78 Å². The number of hydrogen-bond donors (Lipinski definition) is 1. The van der Waals surface area contributed by atoms with E-state index in [4.69, 9.17) is 0 Å². The lowest BCUT2D eigenvalue weighted by molar-refractivity contribution is -0.120. The fraction of sp³-hybridized carbons (Fsp3) is 0.296. The number of hydrogen-bond acceptors (Lipinski definition) is 5. The van der Waals surface area contributed by atoms with Crippen molar-refractivity contribution in [3.05, 3.63) is 79.2 Å². The number of nitrogens with one attached hydrogen (secondary N) is 1. The van der Waals surface area contributed by atoms with Crippen LogP contribution in [0.4, 0.5) is 5.69 Å². The molecule has 0 aliphatic rings. The Bertz CT molecular complexity index is 1340. The predicted molar refractivity (Wildman–Crippen MR) is 143 cm³/mol. The van der Waals surface area contributed by atoms with E-state index >= 15 is 0 Å². The smallest absolute Gasteiger partial charge is 0.269 e. The third-order valence-corrected chi connectivity index (χ3v) is 7.09. The van der Waals surface area contributed by atoms with E-state index in [0.29, 0.717) is 14.9 Å². The van der Waals surface area contributed by atoms with Crippen molar-refractivity contribution in [2.24, 2.45) is 5.41 Å². The third kappa shape index (κ3) is 6.58. The van der Waals surface area contributed by atoms with Crippen LogP contribution in [0.3, 0.4) is 0 Å². The summed E-state index contributed by atoms with van der Waals surface area (Å²) in [5.74, 6) is -0.424. The molecule has 1 N–H and O–H groups in total. The lowest BCUT2D eigenvalue weighted by atomic mass is 9.91. The standard InChI is InChI=1S/C27H30N2O3S2/c1-6-18-7-11-20(12-8-18)28-24(31)17-29-25(16-23(30)27(2,3)4)34-22(26(29)32)15-19-9-13-21(33-5)14-10-19/h7-16H,6,17H2,1-5H3,(H,28,31)/b22-15-,25-16+. The van der Waals surface area contributed by atoms with E-state index in [1.54, 1.807) is 17.8 Å². The Hall–Kier alpha value is -2.90. The van der Waals surface area contributed by atoms with Crippen LogP contribution >= 0.6 is 23.1 Å². The molecule has 0 saturated carbocycles. The fourth-order valence-electron chi connectivity index (χ4n) is 3.14. The highest BCUT2D eigenvalue weighted by Crippen LogP contribution is 2.16. The van der Waals surface area contributed by atoms with Crippen molar-refractivity contribution in [2.45, 2.75) is 45.6 Å². The summed E-state index contributed by atoms with van der Waals surface area (Å²) in [4.78, 5) is 39.9. The number of thiazole rings is 1. The van der Waals surface area contributed by atoms with Gasteiger partial charge in [-0.25, -0.2) is 0 Å². The summed E-state index contributed by atoms with van der Waals surface area (Å²) in [5.41, 5.74) is 1.85. The highest BCUT2D eigenvalue weighted by Gasteiger charge is 2.20. The molecule has 3 rings (SSSR count). The van der Waals surface area contributed by atoms with E-state index in [-0.39, 0.29) is 23.8 Å². The topological polar surface area (TPSA) is 68.2 Å². The Labute approximate surface area is 208 Å². The van der Waals surface area contributed by atoms with Crippen molar-refractivity contribution in [2.75, 3.05) is 11.6 Å². The van der Waals surface area contributed by atoms with Crippen molar-refractivity contribution >= 4 is 52.6 Å². The SMILES string of the molecule is CCc1ccc(NC(=O)Cn2c(=O)/c(=C/c3ccc(SC)cc3)s/c2=C/C(=O)C(C)(C)C)cc1. The van der Waals surface area contributed by atoms with Crippen LogP contribution in [-0.2, 0) is 22.6 Å². The van der Waals surface area contributed by atoms with Crippen molar-refractivity contribution in [1.29, 1.82) is 0 Å². The molecule has 34 heavy (non-hydrogen) atoms. The highest BCUT2D eigenvalue weighted by atomic mass is 32.2. The van der Waals surface area contributed by atoms with E-state index in [0.717, 1.165) is 16.9 Å². The monoisotopic (exact) mass is 494 g/mol. The molecule has 178 valence electrons. The molecular weight excluding hydrogens is 464 g/mol. The lowest BCUT2D eigenvalue weighted by Gasteiger charge is -2.13. The molecule has 0 bridgehead atoms. The molecule has 0 radical (unpaired) electrons. The van der Waals surface area contributed by atoms with Crippen molar-refractivity contribution < 1.29 is 9.59 Å². The number of aromatic nitrogens is 1. The maximum atomic E-state index is 13.2. The number of thioether (sulfide) groups is 1. The fourth-order valence-corrected chi connectivity index (χ4v) is 4.59. The van der Waals surface area contributed by atoms with Gasteiger partial charge in [-0.15, -0.1) is 23.1 Å². The molecule has 0 unspecified atom stereocenters. The molecule has 5 nitrogen and oxygen atoms in total. The van der Waals surface area contributed by atoms with Gasteiger partial charge in [-0.05, 0) is 54.1 Å². The van der Waals surface area contributed by atoms with E-state index in [9.17, 15) is 14.4 Å². The van der Waals surface area contributed by atoms with E-state index in [1.807, 2.05) is 75.6 Å². The predicted octanol–water partition coefficient (Wildman–Crippen LogP) is 4.06. The van der Waals surface area contributed by atoms with Gasteiger partial charge in [-0.1, -0.05) is 52.0 Å². The van der Waals surface area contributed by atoms with Crippen LogP contribution in [0.2, 0.25) is 0 Å². The Morgan fingerprint density at radius 1 is 1.06 bits per heavy atom. The number of nitrogens with zero attached hydrogens (tertiary/aromatic N) is 1. The van der Waals surface area contributed by atoms with Crippen molar-refractivity contribution in [1.82, 2.24) is 4.57 Å². The second-order valence-electron chi connectivity index (χ2n) is 8.97. The van der Waals surface area contributed by atoms with Gasteiger partial charge in [0.2, 0.25) is 5.91 Å². The van der Waals surface area contributed by atoms with Crippen LogP contribution in [0.15, 0.2) is 58.2 Å². The average molecular weight is 495 g/mol. The van der Waals surface area contributed by atoms with E-state index < -0.39 is 5.41 Å². The zero-order valence-electron chi connectivity index (χ0n) is 20.2. The number of carbonyl (C=O) groups is 2. The first-order chi connectivity index (χ1) is 16.1. The molecule has 7 heteroatoms. The number of carbonyl (C=O) groups excluding carboxylic acids is 2. The Morgan fingerprint density at radius 3 is 2.26 bits per heavy atom. The Balaban J connectivity index is 2.00. The minimum atomic E-state index is -0.592. The summed E-state index contributed by atoms with van der Waals surface area (Å²) >= 11 is 2.87. The Kier molecular flexibility index (Phi) is 8.33. The molecule has 0 saturated heterocycles. The summed E-state index contributed by atoms with van der Waals surface area (Å²) in [6.45, 7) is 7.38. The zero-order valence-corrected chi connectivity index (χ0v) is 21.8. The maximum Gasteiger partial charge on any atom is 0.269 e. The van der Waals surface area contributed by atoms with Gasteiger partial charge < -0.3 is 5.32 Å². The van der Waals surface area contributed by atoms with Crippen LogP contribution in [0.5, 0.6) is 0 Å². The Morgan fingerprint density at radius 2 is 1.71 bits per heavy atom. The number of rotatable bonds is 7. The van der Waals surface area contributed by atoms with Crippen LogP contribution in [0, 0.1) is 5.41 Å². The van der Waals surface area contributed by atoms with Gasteiger partial charge in [0.05, 0.1) is 4.53 Å². The zero-order chi connectivity index (χ0) is 24.9. The van der Waals surface area contributed by atoms with E-state index in [2.05, 4.69) is 12.2 Å². The average Bonchev–Trinajstić information content (AvgIpc) is 3.08. The summed E-state index contributed by atoms with van der Waals surface area (Å²) in [5, 5.41) is 2.85. The van der Waals surface area contributed by atoms with Gasteiger partial charge in [0.25, 0.3) is 5.56 Å². The van der Waals surface area contributed by atoms with Crippen molar-refractivity contribution in [3.63, 3.8) is 0 Å². The van der Waals surface area contributed by atoms with Crippen molar-refractivity contribution in [3.8, 4) is 0 Å². The number of amides is 1. The second-order valence-corrected chi connectivity index (χ2v) is 10.9. The molecule has 1 aromatic heterocycles. The molecule has 1 heterocycles. The third-order valence-electron chi connectivity index (χ3n) is 5.29. The molecule has 0 aliphatic carbocycles. The molecule has 0 fully saturated rings. The van der Waals surface area contributed by atoms with Crippen LogP contribution in [0.25, 0.3) is 12.2 Å². The minimum absolute atomic E-state index is 0.103. The minimum Gasteiger partial charge on any atom is -0.325 e. The molecule has 1 amide bonds. The first kappa shape index (κ1) is 25.7. The van der Waals surface area contributed by atoms with Gasteiger partial charge >= 0.3 is 0 Å². The molecule has 2 aromatic carbocycles. The maximum absolute atomic E-state index is 13.2.